The first-order chi connectivity index (χ1) is 14.7. The van der Waals surface area contributed by atoms with Crippen molar-refractivity contribution in [2.24, 2.45) is 0 Å². The Kier molecular flexibility index (Phi) is 5.61. The highest BCUT2D eigenvalue weighted by atomic mass is 35.5. The number of hydrogen-bond acceptors (Lipinski definition) is 3. The smallest absolute Gasteiger partial charge is 0.369 e. The Morgan fingerprint density at radius 1 is 1.03 bits per heavy atom. The summed E-state index contributed by atoms with van der Waals surface area (Å²) in [6.07, 6.45) is -4.51. The maximum Gasteiger partial charge on any atom is 0.406 e. The van der Waals surface area contributed by atoms with E-state index in [1.54, 1.807) is 60.5 Å². The van der Waals surface area contributed by atoms with E-state index in [2.05, 4.69) is 5.10 Å². The summed E-state index contributed by atoms with van der Waals surface area (Å²) in [6.45, 7) is -1.20. The van der Waals surface area contributed by atoms with Crippen molar-refractivity contribution in [2.45, 2.75) is 6.18 Å². The van der Waals surface area contributed by atoms with Gasteiger partial charge in [0.1, 0.15) is 6.54 Å². The van der Waals surface area contributed by atoms with Crippen LogP contribution in [0.4, 0.5) is 18.9 Å². The number of halogens is 5. The summed E-state index contributed by atoms with van der Waals surface area (Å²) in [4.78, 5) is 15.6. The zero-order chi connectivity index (χ0) is 22.3. The molecule has 1 aliphatic rings. The number of carbonyl (C=O) groups is 1. The standard InChI is InChI=1S/C21H17Cl2F3N4O/c1-28-10-11-29(12-21(24,25)26)20(31)17-19(28)18(13-6-8-14(22)9-7-13)30(27-17)16-5-3-2-4-15(16)23/h2-9H,10-12H2,1H3. The van der Waals surface area contributed by atoms with Crippen molar-refractivity contribution in [2.75, 3.05) is 31.6 Å². The van der Waals surface area contributed by atoms with E-state index in [9.17, 15) is 18.0 Å². The molecule has 2 heterocycles. The SMILES string of the molecule is CN1CCN(CC(F)(F)F)C(=O)c2nn(-c3ccccc3Cl)c(-c3ccc(Cl)cc3)c21. The Labute approximate surface area is 186 Å². The molecule has 162 valence electrons. The Bertz CT molecular complexity index is 1130. The third kappa shape index (κ3) is 4.22. The molecule has 0 N–H and O–H groups in total. The lowest BCUT2D eigenvalue weighted by atomic mass is 10.1. The molecule has 0 radical (unpaired) electrons. The number of benzene rings is 2. The average molecular weight is 469 g/mol. The number of carbonyl (C=O) groups excluding carboxylic acids is 1. The van der Waals surface area contributed by atoms with Crippen molar-refractivity contribution in [1.29, 1.82) is 0 Å². The molecular formula is C21H17Cl2F3N4O. The molecule has 2 aromatic carbocycles. The molecule has 5 nitrogen and oxygen atoms in total. The predicted octanol–water partition coefficient (Wildman–Crippen LogP) is 5.30. The molecule has 0 bridgehead atoms. The third-order valence-electron chi connectivity index (χ3n) is 5.01. The first-order valence-electron chi connectivity index (χ1n) is 9.37. The Morgan fingerprint density at radius 3 is 2.35 bits per heavy atom. The van der Waals surface area contributed by atoms with Gasteiger partial charge in [0, 0.05) is 30.7 Å². The number of amides is 1. The van der Waals surface area contributed by atoms with Gasteiger partial charge in [0.2, 0.25) is 0 Å². The lowest BCUT2D eigenvalue weighted by molar-refractivity contribution is -0.140. The second kappa shape index (κ2) is 8.09. The number of hydrogen-bond donors (Lipinski definition) is 0. The largest absolute Gasteiger partial charge is 0.406 e. The molecule has 0 spiro atoms. The summed E-state index contributed by atoms with van der Waals surface area (Å²) < 4.78 is 40.7. The highest BCUT2D eigenvalue weighted by Crippen LogP contribution is 2.39. The minimum Gasteiger partial charge on any atom is -0.369 e. The summed E-state index contributed by atoms with van der Waals surface area (Å²) in [6, 6.07) is 13.9. The Hall–Kier alpha value is -2.71. The monoisotopic (exact) mass is 468 g/mol. The fourth-order valence-electron chi connectivity index (χ4n) is 3.58. The predicted molar refractivity (Wildman–Crippen MR) is 114 cm³/mol. The van der Waals surface area contributed by atoms with Crippen LogP contribution in [0, 0.1) is 0 Å². The van der Waals surface area contributed by atoms with Crippen LogP contribution in [-0.2, 0) is 0 Å². The van der Waals surface area contributed by atoms with Crippen LogP contribution in [0.5, 0.6) is 0 Å². The van der Waals surface area contributed by atoms with E-state index in [4.69, 9.17) is 23.2 Å². The van der Waals surface area contributed by atoms with E-state index in [1.165, 1.54) is 4.68 Å². The molecule has 1 amide bonds. The van der Waals surface area contributed by atoms with Crippen molar-refractivity contribution >= 4 is 34.8 Å². The molecular weight excluding hydrogens is 452 g/mol. The quantitative estimate of drug-likeness (QED) is 0.523. The molecule has 3 aromatic rings. The first-order valence-corrected chi connectivity index (χ1v) is 10.1. The topological polar surface area (TPSA) is 41.4 Å². The van der Waals surface area contributed by atoms with Gasteiger partial charge in [-0.25, -0.2) is 4.68 Å². The van der Waals surface area contributed by atoms with E-state index >= 15 is 0 Å². The van der Waals surface area contributed by atoms with Crippen LogP contribution in [0.2, 0.25) is 10.0 Å². The van der Waals surface area contributed by atoms with Crippen LogP contribution >= 0.6 is 23.2 Å². The molecule has 0 saturated heterocycles. The van der Waals surface area contributed by atoms with Crippen molar-refractivity contribution < 1.29 is 18.0 Å². The third-order valence-corrected chi connectivity index (χ3v) is 5.58. The number of fused-ring (bicyclic) bond motifs is 1. The zero-order valence-electron chi connectivity index (χ0n) is 16.3. The van der Waals surface area contributed by atoms with E-state index in [1.807, 2.05) is 0 Å². The number of para-hydroxylation sites is 1. The van der Waals surface area contributed by atoms with E-state index in [0.717, 1.165) is 4.90 Å². The van der Waals surface area contributed by atoms with Crippen molar-refractivity contribution in [3.8, 4) is 16.9 Å². The van der Waals surface area contributed by atoms with Gasteiger partial charge < -0.3 is 9.80 Å². The summed E-state index contributed by atoms with van der Waals surface area (Å²) in [5, 5.41) is 5.37. The molecule has 1 aliphatic heterocycles. The fourth-order valence-corrected chi connectivity index (χ4v) is 3.92. The van der Waals surface area contributed by atoms with Gasteiger partial charge in [-0.15, -0.1) is 0 Å². The van der Waals surface area contributed by atoms with Gasteiger partial charge in [-0.05, 0) is 24.3 Å². The van der Waals surface area contributed by atoms with Crippen LogP contribution in [0.3, 0.4) is 0 Å². The van der Waals surface area contributed by atoms with Crippen LogP contribution < -0.4 is 4.90 Å². The molecule has 0 fully saturated rings. The van der Waals surface area contributed by atoms with Gasteiger partial charge >= 0.3 is 6.18 Å². The number of likely N-dealkylation sites (N-methyl/N-ethyl adjacent to an activating group) is 1. The zero-order valence-corrected chi connectivity index (χ0v) is 17.8. The highest BCUT2D eigenvalue weighted by Gasteiger charge is 2.38. The molecule has 4 rings (SSSR count). The number of nitrogens with zero attached hydrogens (tertiary/aromatic N) is 4. The summed E-state index contributed by atoms with van der Waals surface area (Å²) >= 11 is 12.4. The maximum absolute atomic E-state index is 13.1. The summed E-state index contributed by atoms with van der Waals surface area (Å²) in [5.41, 5.74) is 2.13. The lowest BCUT2D eigenvalue weighted by Crippen LogP contribution is -2.40. The van der Waals surface area contributed by atoms with E-state index in [-0.39, 0.29) is 18.8 Å². The van der Waals surface area contributed by atoms with Crippen LogP contribution in [0.15, 0.2) is 48.5 Å². The Morgan fingerprint density at radius 2 is 1.71 bits per heavy atom. The number of alkyl halides is 3. The average Bonchev–Trinajstić information content (AvgIpc) is 3.06. The van der Waals surface area contributed by atoms with Gasteiger partial charge in [-0.1, -0.05) is 47.5 Å². The molecule has 10 heteroatoms. The molecule has 1 aromatic heterocycles. The van der Waals surface area contributed by atoms with Crippen molar-refractivity contribution in [1.82, 2.24) is 14.7 Å². The van der Waals surface area contributed by atoms with Crippen LogP contribution in [0.1, 0.15) is 10.5 Å². The number of anilines is 1. The number of aromatic nitrogens is 2. The molecule has 0 aliphatic carbocycles. The van der Waals surface area contributed by atoms with E-state index in [0.29, 0.717) is 32.7 Å². The Balaban J connectivity index is 1.96. The second-order valence-electron chi connectivity index (χ2n) is 7.18. The number of rotatable bonds is 3. The summed E-state index contributed by atoms with van der Waals surface area (Å²) in [7, 11) is 1.72. The van der Waals surface area contributed by atoms with Gasteiger partial charge in [0.05, 0.1) is 22.1 Å². The van der Waals surface area contributed by atoms with Gasteiger partial charge in [-0.2, -0.15) is 18.3 Å². The normalized spacial score (nSPS) is 14.6. The second-order valence-corrected chi connectivity index (χ2v) is 8.02. The maximum atomic E-state index is 13.1. The minimum absolute atomic E-state index is 0.0610. The molecule has 0 unspecified atom stereocenters. The van der Waals surface area contributed by atoms with Crippen LogP contribution in [-0.4, -0.2) is 53.4 Å². The van der Waals surface area contributed by atoms with Gasteiger partial charge in [0.15, 0.2) is 5.69 Å². The minimum atomic E-state index is -4.51. The van der Waals surface area contributed by atoms with E-state index < -0.39 is 18.6 Å². The summed E-state index contributed by atoms with van der Waals surface area (Å²) in [5.74, 6) is -0.780. The highest BCUT2D eigenvalue weighted by molar-refractivity contribution is 6.32. The molecule has 0 saturated carbocycles. The first kappa shape index (κ1) is 21.5. The van der Waals surface area contributed by atoms with Crippen molar-refractivity contribution in [3.05, 3.63) is 64.3 Å². The van der Waals surface area contributed by atoms with Crippen LogP contribution in [0.25, 0.3) is 16.9 Å². The molecule has 0 atom stereocenters. The molecule has 31 heavy (non-hydrogen) atoms. The van der Waals surface area contributed by atoms with Crippen molar-refractivity contribution in [3.63, 3.8) is 0 Å². The fraction of sp³-hybridized carbons (Fsp3) is 0.238. The van der Waals surface area contributed by atoms with Gasteiger partial charge in [-0.3, -0.25) is 4.79 Å². The lowest BCUT2D eigenvalue weighted by Gasteiger charge is -2.23. The van der Waals surface area contributed by atoms with Gasteiger partial charge in [0.25, 0.3) is 5.91 Å².